The number of carbonyl (C=O) groups excluding carboxylic acids is 1. The third kappa shape index (κ3) is 6.53. The fourth-order valence-corrected chi connectivity index (χ4v) is 3.72. The largest absolute Gasteiger partial charge is 0.480 e. The number of carboxylic acid groups (broad SMARTS) is 1. The Morgan fingerprint density at radius 1 is 0.972 bits per heavy atom. The molecule has 36 heavy (non-hydrogen) atoms. The minimum atomic E-state index is -1.26. The lowest BCUT2D eigenvalue weighted by molar-refractivity contribution is -0.459. The predicted molar refractivity (Wildman–Crippen MR) is 128 cm³/mol. The van der Waals surface area contributed by atoms with Gasteiger partial charge in [0.2, 0.25) is 0 Å². The number of guanidine groups is 1. The smallest absolute Gasteiger partial charge is 0.338 e. The number of aliphatic carboxylic acids is 1. The van der Waals surface area contributed by atoms with E-state index in [1.807, 2.05) is 0 Å². The number of carboxylic acids is 1. The van der Waals surface area contributed by atoms with Crippen LogP contribution in [-0.2, 0) is 4.79 Å². The number of pyridine rings is 1. The number of aromatic nitrogens is 1. The first kappa shape index (κ1) is 26.1. The van der Waals surface area contributed by atoms with Gasteiger partial charge < -0.3 is 15.0 Å². The van der Waals surface area contributed by atoms with Crippen molar-refractivity contribution >= 4 is 17.8 Å². The Labute approximate surface area is 205 Å². The maximum Gasteiger partial charge on any atom is 0.338 e. The molecule has 0 fully saturated rings. The van der Waals surface area contributed by atoms with Crippen LogP contribution in [0.4, 0.5) is 8.78 Å². The van der Waals surface area contributed by atoms with E-state index in [1.165, 1.54) is 71.4 Å². The van der Waals surface area contributed by atoms with Crippen molar-refractivity contribution in [1.82, 2.24) is 9.88 Å². The van der Waals surface area contributed by atoms with Crippen molar-refractivity contribution in [2.45, 2.75) is 24.9 Å². The van der Waals surface area contributed by atoms with E-state index in [0.29, 0.717) is 24.1 Å². The van der Waals surface area contributed by atoms with Crippen LogP contribution in [-0.4, -0.2) is 40.1 Å². The Morgan fingerprint density at radius 3 is 2.03 bits per heavy atom. The van der Waals surface area contributed by atoms with E-state index in [-0.39, 0.29) is 17.9 Å². The summed E-state index contributed by atoms with van der Waals surface area (Å²) < 4.78 is 28.4. The maximum absolute atomic E-state index is 13.6. The average Bonchev–Trinajstić information content (AvgIpc) is 2.84. The second kappa shape index (κ2) is 11.7. The van der Waals surface area contributed by atoms with Gasteiger partial charge in [0, 0.05) is 6.20 Å². The van der Waals surface area contributed by atoms with E-state index in [1.54, 1.807) is 0 Å². The lowest BCUT2D eigenvalue weighted by Gasteiger charge is -2.22. The quantitative estimate of drug-likeness (QED) is 0.152. The van der Waals surface area contributed by atoms with Crippen molar-refractivity contribution in [3.05, 3.63) is 106 Å². The van der Waals surface area contributed by atoms with E-state index in [9.17, 15) is 28.3 Å². The molecule has 1 amide bonds. The molecule has 0 spiro atoms. The van der Waals surface area contributed by atoms with Gasteiger partial charge in [0.1, 0.15) is 23.2 Å². The van der Waals surface area contributed by atoms with Gasteiger partial charge in [0.05, 0.1) is 12.6 Å². The van der Waals surface area contributed by atoms with Gasteiger partial charge in [-0.05, 0) is 60.4 Å². The summed E-state index contributed by atoms with van der Waals surface area (Å²) in [5.41, 5.74) is 10.7. The first-order valence-corrected chi connectivity index (χ1v) is 11.0. The van der Waals surface area contributed by atoms with Crippen LogP contribution in [0, 0.1) is 11.6 Å². The van der Waals surface area contributed by atoms with E-state index in [0.717, 1.165) is 0 Å². The Kier molecular flexibility index (Phi) is 8.50. The van der Waals surface area contributed by atoms with Crippen molar-refractivity contribution in [2.24, 2.45) is 11.5 Å². The standard InChI is InChI=1S/C25H25F2N5O4/c26-17-9-5-15(6-10-17)21(16-7-11-18(27)12-8-16)32-14-2-3-19(23(32)34)22(33)31-20(24(35)36)4-1-13-30-25(28)29/h2-3,5-12,14,20-21H,1,4,13H2,(H,31,33)(H,35,36)(H4,28,29,30)/p+1/t20-/m0/s1. The van der Waals surface area contributed by atoms with Crippen molar-refractivity contribution in [3.63, 3.8) is 0 Å². The van der Waals surface area contributed by atoms with E-state index >= 15 is 0 Å². The third-order valence-electron chi connectivity index (χ3n) is 5.47. The van der Waals surface area contributed by atoms with Gasteiger partial charge in [-0.15, -0.1) is 0 Å². The molecular formula is C25H26F2N5O4+. The first-order valence-electron chi connectivity index (χ1n) is 11.0. The monoisotopic (exact) mass is 498 g/mol. The molecule has 188 valence electrons. The van der Waals surface area contributed by atoms with Gasteiger partial charge in [-0.25, -0.2) is 13.6 Å². The fraction of sp³-hybridized carbons (Fsp3) is 0.200. The lowest BCUT2D eigenvalue weighted by atomic mass is 9.98. The van der Waals surface area contributed by atoms with Gasteiger partial charge in [0.25, 0.3) is 11.5 Å². The van der Waals surface area contributed by atoms with E-state index in [2.05, 4.69) is 10.3 Å². The van der Waals surface area contributed by atoms with Crippen molar-refractivity contribution in [3.8, 4) is 0 Å². The normalized spacial score (nSPS) is 11.6. The molecule has 3 aromatic rings. The number of halogens is 2. The number of rotatable bonds is 10. The maximum atomic E-state index is 13.6. The van der Waals surface area contributed by atoms with Crippen LogP contribution in [0.3, 0.4) is 0 Å². The Morgan fingerprint density at radius 2 is 1.53 bits per heavy atom. The second-order valence-electron chi connectivity index (χ2n) is 8.03. The number of carbonyl (C=O) groups is 2. The summed E-state index contributed by atoms with van der Waals surface area (Å²) in [6.45, 7) is 0.303. The van der Waals surface area contributed by atoms with Crippen molar-refractivity contribution < 1.29 is 28.5 Å². The number of amides is 1. The molecule has 0 aliphatic heterocycles. The topological polar surface area (TPSA) is 154 Å². The zero-order chi connectivity index (χ0) is 26.2. The van der Waals surface area contributed by atoms with Crippen LogP contribution < -0.4 is 27.3 Å². The highest BCUT2D eigenvalue weighted by Gasteiger charge is 2.24. The summed E-state index contributed by atoms with van der Waals surface area (Å²) >= 11 is 0. The summed E-state index contributed by atoms with van der Waals surface area (Å²) in [7, 11) is 0. The highest BCUT2D eigenvalue weighted by atomic mass is 19.1. The SMILES string of the molecule is NC(N)=[NH+]CCC[C@H](NC(=O)c1cccn(C(c2ccc(F)cc2)c2ccc(F)cc2)c1=O)C(=O)O. The van der Waals surface area contributed by atoms with Crippen LogP contribution >= 0.6 is 0 Å². The molecule has 7 N–H and O–H groups in total. The first-order chi connectivity index (χ1) is 17.2. The fourth-order valence-electron chi connectivity index (χ4n) is 3.72. The van der Waals surface area contributed by atoms with E-state index in [4.69, 9.17) is 11.5 Å². The molecule has 0 unspecified atom stereocenters. The molecule has 0 bridgehead atoms. The van der Waals surface area contributed by atoms with Gasteiger partial charge in [-0.1, -0.05) is 24.3 Å². The van der Waals surface area contributed by atoms with Gasteiger partial charge in [0.15, 0.2) is 0 Å². The number of hydrogen-bond acceptors (Lipinski definition) is 3. The van der Waals surface area contributed by atoms with Crippen molar-refractivity contribution in [2.75, 3.05) is 6.54 Å². The third-order valence-corrected chi connectivity index (χ3v) is 5.47. The molecule has 2 aromatic carbocycles. The van der Waals surface area contributed by atoms with E-state index < -0.39 is 41.2 Å². The Hall–Kier alpha value is -4.54. The summed E-state index contributed by atoms with van der Waals surface area (Å²) in [6.07, 6.45) is 1.85. The summed E-state index contributed by atoms with van der Waals surface area (Å²) in [6, 6.07) is 11.6. The minimum absolute atomic E-state index is 0.00684. The van der Waals surface area contributed by atoms with Crippen LogP contribution in [0.15, 0.2) is 71.7 Å². The summed E-state index contributed by atoms with van der Waals surface area (Å²) in [4.78, 5) is 40.6. The minimum Gasteiger partial charge on any atom is -0.480 e. The van der Waals surface area contributed by atoms with Crippen LogP contribution in [0.25, 0.3) is 0 Å². The molecule has 0 radical (unpaired) electrons. The molecule has 1 atom stereocenters. The zero-order valence-corrected chi connectivity index (χ0v) is 19.2. The molecule has 0 saturated heterocycles. The molecular weight excluding hydrogens is 472 g/mol. The van der Waals surface area contributed by atoms with Crippen LogP contribution in [0.1, 0.15) is 40.4 Å². The number of hydrogen-bond donors (Lipinski definition) is 5. The second-order valence-corrected chi connectivity index (χ2v) is 8.03. The molecule has 1 aromatic heterocycles. The Balaban J connectivity index is 1.94. The Bertz CT molecular complexity index is 1260. The van der Waals surface area contributed by atoms with Crippen LogP contribution in [0.2, 0.25) is 0 Å². The molecule has 9 nitrogen and oxygen atoms in total. The molecule has 3 rings (SSSR count). The number of nitrogens with two attached hydrogens (primary N) is 2. The average molecular weight is 499 g/mol. The van der Waals surface area contributed by atoms with Gasteiger partial charge >= 0.3 is 11.9 Å². The molecule has 1 heterocycles. The van der Waals surface area contributed by atoms with Gasteiger partial charge in [-0.3, -0.25) is 26.0 Å². The number of nitrogens with one attached hydrogen (secondary N) is 2. The molecule has 0 aliphatic carbocycles. The molecule has 0 aliphatic rings. The summed E-state index contributed by atoms with van der Waals surface area (Å²) in [5, 5.41) is 11.9. The summed E-state index contributed by atoms with van der Waals surface area (Å²) in [5.74, 6) is -3.08. The highest BCUT2D eigenvalue weighted by molar-refractivity contribution is 5.96. The number of benzene rings is 2. The van der Waals surface area contributed by atoms with Gasteiger partial charge in [-0.2, -0.15) is 0 Å². The van der Waals surface area contributed by atoms with Crippen LogP contribution in [0.5, 0.6) is 0 Å². The highest BCUT2D eigenvalue weighted by Crippen LogP contribution is 2.26. The predicted octanol–water partition coefficient (Wildman–Crippen LogP) is 0.0814. The lowest BCUT2D eigenvalue weighted by Crippen LogP contribution is -2.78. The number of nitrogens with zero attached hydrogens (tertiary/aromatic N) is 1. The zero-order valence-electron chi connectivity index (χ0n) is 19.2. The molecule has 0 saturated carbocycles. The molecule has 11 heteroatoms. The van der Waals surface area contributed by atoms with Crippen molar-refractivity contribution in [1.29, 1.82) is 0 Å².